The van der Waals surface area contributed by atoms with Crippen LogP contribution in [-0.4, -0.2) is 55.7 Å². The summed E-state index contributed by atoms with van der Waals surface area (Å²) in [5.41, 5.74) is 1.10. The first-order chi connectivity index (χ1) is 15.8. The summed E-state index contributed by atoms with van der Waals surface area (Å²) in [6, 6.07) is 11.4. The van der Waals surface area contributed by atoms with Crippen molar-refractivity contribution in [1.82, 2.24) is 4.90 Å². The van der Waals surface area contributed by atoms with Gasteiger partial charge in [0.1, 0.15) is 5.76 Å². The zero-order valence-corrected chi connectivity index (χ0v) is 20.7. The molecule has 1 unspecified atom stereocenters. The minimum Gasteiger partial charge on any atom is -0.507 e. The summed E-state index contributed by atoms with van der Waals surface area (Å²) in [5.74, 6) is -0.312. The Morgan fingerprint density at radius 1 is 1.09 bits per heavy atom. The van der Waals surface area contributed by atoms with E-state index in [-0.39, 0.29) is 24.5 Å². The van der Waals surface area contributed by atoms with Crippen LogP contribution in [0.5, 0.6) is 11.5 Å². The van der Waals surface area contributed by atoms with Gasteiger partial charge in [0.25, 0.3) is 11.7 Å². The lowest BCUT2D eigenvalue weighted by atomic mass is 9.95. The number of halogens is 1. The number of ketones is 1. The van der Waals surface area contributed by atoms with Gasteiger partial charge in [-0.2, -0.15) is 0 Å². The summed E-state index contributed by atoms with van der Waals surface area (Å²) in [6.45, 7) is 4.98. The van der Waals surface area contributed by atoms with Crippen molar-refractivity contribution in [2.75, 3.05) is 34.0 Å². The molecule has 8 heteroatoms. The van der Waals surface area contributed by atoms with Crippen molar-refractivity contribution in [2.24, 2.45) is 5.92 Å². The fourth-order valence-corrected chi connectivity index (χ4v) is 3.91. The summed E-state index contributed by atoms with van der Waals surface area (Å²) in [5, 5.41) is 11.1. The molecule has 7 nitrogen and oxygen atoms in total. The Morgan fingerprint density at radius 2 is 1.79 bits per heavy atom. The molecular formula is C25H28BrNO6. The molecule has 2 aromatic carbocycles. The number of aliphatic hydroxyl groups is 1. The van der Waals surface area contributed by atoms with E-state index in [0.717, 1.165) is 4.47 Å². The van der Waals surface area contributed by atoms with Crippen molar-refractivity contribution in [2.45, 2.75) is 19.9 Å². The molecule has 1 aliphatic heterocycles. The number of rotatable bonds is 9. The number of hydrogen-bond acceptors (Lipinski definition) is 6. The van der Waals surface area contributed by atoms with E-state index in [9.17, 15) is 14.7 Å². The van der Waals surface area contributed by atoms with E-state index < -0.39 is 17.7 Å². The summed E-state index contributed by atoms with van der Waals surface area (Å²) < 4.78 is 17.3. The molecule has 1 N–H and O–H groups in total. The summed E-state index contributed by atoms with van der Waals surface area (Å²) >= 11 is 3.37. The van der Waals surface area contributed by atoms with Crippen LogP contribution in [0.1, 0.15) is 31.0 Å². The molecule has 1 amide bonds. The number of benzene rings is 2. The van der Waals surface area contributed by atoms with Crippen LogP contribution in [-0.2, 0) is 14.3 Å². The van der Waals surface area contributed by atoms with Crippen molar-refractivity contribution >= 4 is 33.4 Å². The Bertz CT molecular complexity index is 1050. The largest absolute Gasteiger partial charge is 0.507 e. The average Bonchev–Trinajstić information content (AvgIpc) is 3.06. The molecule has 33 heavy (non-hydrogen) atoms. The highest BCUT2D eigenvalue weighted by Crippen LogP contribution is 2.42. The molecule has 2 aromatic rings. The zero-order chi connectivity index (χ0) is 24.1. The number of likely N-dealkylation sites (tertiary alicyclic amines) is 1. The number of carbonyl (C=O) groups excluding carboxylic acids is 2. The van der Waals surface area contributed by atoms with Gasteiger partial charge in [0.05, 0.1) is 31.9 Å². The van der Waals surface area contributed by atoms with Crippen LogP contribution in [0, 0.1) is 5.92 Å². The highest BCUT2D eigenvalue weighted by Gasteiger charge is 2.46. The minimum absolute atomic E-state index is 0.0263. The van der Waals surface area contributed by atoms with E-state index in [0.29, 0.717) is 35.2 Å². The van der Waals surface area contributed by atoms with Gasteiger partial charge in [0, 0.05) is 23.7 Å². The lowest BCUT2D eigenvalue weighted by molar-refractivity contribution is -0.140. The van der Waals surface area contributed by atoms with Crippen LogP contribution < -0.4 is 9.47 Å². The number of Topliss-reactive ketones (excluding diaryl/α,β-unsaturated/α-hetero) is 1. The van der Waals surface area contributed by atoms with Gasteiger partial charge in [-0.3, -0.25) is 9.59 Å². The molecule has 0 aromatic heterocycles. The third-order valence-corrected chi connectivity index (χ3v) is 5.80. The number of amides is 1. The first-order valence-electron chi connectivity index (χ1n) is 10.6. The number of aliphatic hydroxyl groups excluding tert-OH is 1. The Kier molecular flexibility index (Phi) is 8.15. The molecule has 3 rings (SSSR count). The van der Waals surface area contributed by atoms with Crippen molar-refractivity contribution in [1.29, 1.82) is 0 Å². The molecule has 1 atom stereocenters. The molecule has 0 bridgehead atoms. The number of methoxy groups -OCH3 is 2. The third-order valence-electron chi connectivity index (χ3n) is 5.27. The van der Waals surface area contributed by atoms with Gasteiger partial charge < -0.3 is 24.2 Å². The third kappa shape index (κ3) is 5.39. The van der Waals surface area contributed by atoms with Crippen LogP contribution in [0.15, 0.2) is 52.5 Å². The standard InChI is InChI=1S/C25H28BrNO6/c1-15(2)14-33-20-13-17(7-10-19(20)32-4)22-21(23(28)16-5-8-18(26)9-6-16)24(29)25(30)27(22)11-12-31-3/h5-10,13,15,22,28H,11-12,14H2,1-4H3/b23-21-. The van der Waals surface area contributed by atoms with Gasteiger partial charge in [-0.25, -0.2) is 0 Å². The molecular weight excluding hydrogens is 490 g/mol. The average molecular weight is 518 g/mol. The molecule has 0 saturated carbocycles. The van der Waals surface area contributed by atoms with Gasteiger partial charge in [-0.1, -0.05) is 48.0 Å². The van der Waals surface area contributed by atoms with Crippen molar-refractivity contribution in [3.63, 3.8) is 0 Å². The Hall–Kier alpha value is -2.84. The maximum absolute atomic E-state index is 13.1. The van der Waals surface area contributed by atoms with Crippen LogP contribution in [0.25, 0.3) is 5.76 Å². The maximum atomic E-state index is 13.1. The van der Waals surface area contributed by atoms with E-state index in [1.807, 2.05) is 13.8 Å². The maximum Gasteiger partial charge on any atom is 0.295 e. The first-order valence-corrected chi connectivity index (χ1v) is 11.4. The second-order valence-corrected chi connectivity index (χ2v) is 9.02. The van der Waals surface area contributed by atoms with E-state index in [1.54, 1.807) is 49.6 Å². The molecule has 1 heterocycles. The van der Waals surface area contributed by atoms with Gasteiger partial charge >= 0.3 is 0 Å². The van der Waals surface area contributed by atoms with Crippen molar-refractivity contribution in [3.8, 4) is 11.5 Å². The van der Waals surface area contributed by atoms with Crippen LogP contribution in [0.3, 0.4) is 0 Å². The monoisotopic (exact) mass is 517 g/mol. The Morgan fingerprint density at radius 3 is 2.39 bits per heavy atom. The van der Waals surface area contributed by atoms with Crippen molar-refractivity contribution < 1.29 is 28.9 Å². The topological polar surface area (TPSA) is 85.3 Å². The lowest BCUT2D eigenvalue weighted by Crippen LogP contribution is -2.32. The smallest absolute Gasteiger partial charge is 0.295 e. The van der Waals surface area contributed by atoms with Crippen molar-refractivity contribution in [3.05, 3.63) is 63.6 Å². The molecule has 1 saturated heterocycles. The van der Waals surface area contributed by atoms with Gasteiger partial charge in [0.15, 0.2) is 11.5 Å². The van der Waals surface area contributed by atoms with Gasteiger partial charge in [-0.05, 0) is 35.7 Å². The fourth-order valence-electron chi connectivity index (χ4n) is 3.64. The first kappa shape index (κ1) is 24.8. The van der Waals surface area contributed by atoms with Crippen LogP contribution >= 0.6 is 15.9 Å². The van der Waals surface area contributed by atoms with Crippen LogP contribution in [0.4, 0.5) is 0 Å². The molecule has 0 radical (unpaired) electrons. The van der Waals surface area contributed by atoms with E-state index in [2.05, 4.69) is 15.9 Å². The number of ether oxygens (including phenoxy) is 3. The molecule has 1 fully saturated rings. The molecule has 0 spiro atoms. The van der Waals surface area contributed by atoms with E-state index in [1.165, 1.54) is 12.0 Å². The normalized spacial score (nSPS) is 17.6. The predicted molar refractivity (Wildman–Crippen MR) is 128 cm³/mol. The number of nitrogens with zero attached hydrogens (tertiary/aromatic N) is 1. The summed E-state index contributed by atoms with van der Waals surface area (Å²) in [6.07, 6.45) is 0. The molecule has 0 aliphatic carbocycles. The summed E-state index contributed by atoms with van der Waals surface area (Å²) in [4.78, 5) is 27.4. The quantitative estimate of drug-likeness (QED) is 0.298. The van der Waals surface area contributed by atoms with Gasteiger partial charge in [0.2, 0.25) is 0 Å². The zero-order valence-electron chi connectivity index (χ0n) is 19.1. The highest BCUT2D eigenvalue weighted by atomic mass is 79.9. The van der Waals surface area contributed by atoms with Crippen LogP contribution in [0.2, 0.25) is 0 Å². The highest BCUT2D eigenvalue weighted by molar-refractivity contribution is 9.10. The lowest BCUT2D eigenvalue weighted by Gasteiger charge is -2.26. The van der Waals surface area contributed by atoms with Gasteiger partial charge in [-0.15, -0.1) is 0 Å². The Balaban J connectivity index is 2.15. The Labute approximate surface area is 202 Å². The minimum atomic E-state index is -0.795. The van der Waals surface area contributed by atoms with E-state index >= 15 is 0 Å². The second-order valence-electron chi connectivity index (χ2n) is 8.11. The molecule has 1 aliphatic rings. The molecule has 176 valence electrons. The number of carbonyl (C=O) groups is 2. The second kappa shape index (κ2) is 10.9. The fraction of sp³-hybridized carbons (Fsp3) is 0.360. The predicted octanol–water partition coefficient (Wildman–Crippen LogP) is 4.56. The number of hydrogen-bond donors (Lipinski definition) is 1. The summed E-state index contributed by atoms with van der Waals surface area (Å²) in [7, 11) is 3.08. The van der Waals surface area contributed by atoms with E-state index in [4.69, 9.17) is 14.2 Å². The SMILES string of the molecule is COCCN1C(=O)C(=O)/C(=C(\O)c2ccc(Br)cc2)C1c1ccc(OC)c(OCC(C)C)c1.